The summed E-state index contributed by atoms with van der Waals surface area (Å²) in [5, 5.41) is 56.1. The Morgan fingerprint density at radius 2 is 1.04 bits per heavy atom. The maximum absolute atomic E-state index is 9.48. The van der Waals surface area contributed by atoms with Crippen molar-refractivity contribution in [3.63, 3.8) is 0 Å². The minimum absolute atomic E-state index is 0.0372. The highest BCUT2D eigenvalue weighted by molar-refractivity contribution is 5.75. The summed E-state index contributed by atoms with van der Waals surface area (Å²) in [4.78, 5) is 0. The Kier molecular flexibility index (Phi) is 4.74. The Balaban J connectivity index is 2.46. The summed E-state index contributed by atoms with van der Waals surface area (Å²) in [7, 11) is 0. The number of hydrogen-bond donors (Lipinski definition) is 4. The number of benzene rings is 2. The van der Waals surface area contributed by atoms with Gasteiger partial charge in [0.1, 0.15) is 12.1 Å². The van der Waals surface area contributed by atoms with Crippen molar-refractivity contribution < 1.29 is 20.4 Å². The molecular weight excluding hydrogens is 308 g/mol. The number of rotatable bonds is 3. The molecule has 0 radical (unpaired) electrons. The zero-order chi connectivity index (χ0) is 17.7. The van der Waals surface area contributed by atoms with E-state index >= 15 is 0 Å². The molecule has 0 saturated heterocycles. The van der Waals surface area contributed by atoms with Gasteiger partial charge in [-0.05, 0) is 47.5 Å². The molecule has 2 rings (SSSR count). The fraction of sp³-hybridized carbons (Fsp3) is 0. The lowest BCUT2D eigenvalue weighted by Gasteiger charge is -2.02. The van der Waals surface area contributed by atoms with Crippen molar-refractivity contribution in [2.24, 2.45) is 0 Å². The van der Waals surface area contributed by atoms with E-state index in [2.05, 4.69) is 0 Å². The second-order valence-corrected chi connectivity index (χ2v) is 4.84. The van der Waals surface area contributed by atoms with Gasteiger partial charge in [0.15, 0.2) is 23.0 Å². The van der Waals surface area contributed by atoms with Crippen molar-refractivity contribution >= 4 is 12.2 Å². The molecule has 2 aromatic rings. The molecule has 6 nitrogen and oxygen atoms in total. The molecule has 0 fully saturated rings. The van der Waals surface area contributed by atoms with Crippen LogP contribution in [0, 0.1) is 22.7 Å². The average Bonchev–Trinajstić information content (AvgIpc) is 2.57. The summed E-state index contributed by atoms with van der Waals surface area (Å²) in [6, 6.07) is 11.8. The molecule has 0 aromatic heterocycles. The normalized spacial score (nSPS) is 11.6. The summed E-state index contributed by atoms with van der Waals surface area (Å²) in [5.41, 5.74) is 0.929. The lowest BCUT2D eigenvalue weighted by Crippen LogP contribution is -1.86. The van der Waals surface area contributed by atoms with E-state index in [0.717, 1.165) is 0 Å². The molecule has 0 atom stereocenters. The maximum atomic E-state index is 9.48. The number of nitriles is 2. The molecule has 0 bridgehead atoms. The van der Waals surface area contributed by atoms with Crippen LogP contribution < -0.4 is 0 Å². The number of nitrogens with zero attached hydrogens (tertiary/aromatic N) is 2. The summed E-state index contributed by atoms with van der Waals surface area (Å²) < 4.78 is 0. The smallest absolute Gasteiger partial charge is 0.157 e. The SMILES string of the molecule is N#CC(=C\c1ccc(O)c(O)c1)/C(C#N)=C/c1ccc(O)c(O)c1. The predicted molar refractivity (Wildman–Crippen MR) is 86.7 cm³/mol. The van der Waals surface area contributed by atoms with Gasteiger partial charge < -0.3 is 20.4 Å². The lowest BCUT2D eigenvalue weighted by molar-refractivity contribution is 0.403. The van der Waals surface area contributed by atoms with Crippen LogP contribution in [0.4, 0.5) is 0 Å². The van der Waals surface area contributed by atoms with Crippen LogP contribution >= 0.6 is 0 Å². The van der Waals surface area contributed by atoms with E-state index in [-0.39, 0.29) is 34.1 Å². The average molecular weight is 320 g/mol. The first kappa shape index (κ1) is 16.5. The number of phenolic OH excluding ortho intramolecular Hbond substituents is 4. The van der Waals surface area contributed by atoms with E-state index in [1.165, 1.54) is 48.6 Å². The molecule has 118 valence electrons. The maximum Gasteiger partial charge on any atom is 0.157 e. The van der Waals surface area contributed by atoms with Crippen LogP contribution in [0.1, 0.15) is 11.1 Å². The predicted octanol–water partition coefficient (Wildman–Crippen LogP) is 3.02. The largest absolute Gasteiger partial charge is 0.504 e. The van der Waals surface area contributed by atoms with Gasteiger partial charge >= 0.3 is 0 Å². The van der Waals surface area contributed by atoms with Gasteiger partial charge in [0.05, 0.1) is 11.1 Å². The quantitative estimate of drug-likeness (QED) is 0.391. The highest BCUT2D eigenvalue weighted by Crippen LogP contribution is 2.28. The zero-order valence-corrected chi connectivity index (χ0v) is 12.3. The van der Waals surface area contributed by atoms with Crippen LogP contribution in [0.2, 0.25) is 0 Å². The van der Waals surface area contributed by atoms with Crippen LogP contribution in [-0.4, -0.2) is 20.4 Å². The van der Waals surface area contributed by atoms with Crippen LogP contribution in [0.25, 0.3) is 12.2 Å². The van der Waals surface area contributed by atoms with Gasteiger partial charge in [0.2, 0.25) is 0 Å². The van der Waals surface area contributed by atoms with Gasteiger partial charge in [0, 0.05) is 0 Å². The standard InChI is InChI=1S/C18H12N2O4/c19-9-13(5-11-1-3-15(21)17(23)7-11)14(10-20)6-12-2-4-16(22)18(24)8-12/h1-8,21-24H/b13-5+,14-6+. The van der Waals surface area contributed by atoms with Crippen molar-refractivity contribution in [3.05, 3.63) is 58.7 Å². The topological polar surface area (TPSA) is 128 Å². The van der Waals surface area contributed by atoms with E-state index in [1.807, 2.05) is 12.1 Å². The Morgan fingerprint density at radius 3 is 1.33 bits per heavy atom. The van der Waals surface area contributed by atoms with Gasteiger partial charge in [-0.15, -0.1) is 0 Å². The fourth-order valence-corrected chi connectivity index (χ4v) is 1.93. The summed E-state index contributed by atoms with van der Waals surface area (Å²) >= 11 is 0. The van der Waals surface area contributed by atoms with E-state index in [4.69, 9.17) is 0 Å². The van der Waals surface area contributed by atoms with Crippen LogP contribution in [0.3, 0.4) is 0 Å². The Hall–Kier alpha value is -3.90. The number of allylic oxidation sites excluding steroid dienone is 2. The monoisotopic (exact) mass is 320 g/mol. The summed E-state index contributed by atoms with van der Waals surface area (Å²) in [5.74, 6) is -1.26. The molecule has 24 heavy (non-hydrogen) atoms. The molecule has 0 unspecified atom stereocenters. The van der Waals surface area contributed by atoms with Crippen LogP contribution in [0.5, 0.6) is 23.0 Å². The highest BCUT2D eigenvalue weighted by Gasteiger charge is 2.07. The lowest BCUT2D eigenvalue weighted by atomic mass is 10.0. The van der Waals surface area contributed by atoms with E-state index in [9.17, 15) is 30.9 Å². The molecule has 2 aromatic carbocycles. The van der Waals surface area contributed by atoms with Crippen molar-refractivity contribution in [1.82, 2.24) is 0 Å². The fourth-order valence-electron chi connectivity index (χ4n) is 1.93. The van der Waals surface area contributed by atoms with Gasteiger partial charge in [-0.2, -0.15) is 10.5 Å². The van der Waals surface area contributed by atoms with Gasteiger partial charge in [0.25, 0.3) is 0 Å². The van der Waals surface area contributed by atoms with Crippen LogP contribution in [0.15, 0.2) is 47.5 Å². The van der Waals surface area contributed by atoms with E-state index in [1.54, 1.807) is 0 Å². The first-order valence-electron chi connectivity index (χ1n) is 6.72. The second-order valence-electron chi connectivity index (χ2n) is 4.84. The Bertz CT molecular complexity index is 854. The third-order valence-electron chi connectivity index (χ3n) is 3.15. The van der Waals surface area contributed by atoms with Gasteiger partial charge in [-0.25, -0.2) is 0 Å². The summed E-state index contributed by atoms with van der Waals surface area (Å²) in [6.07, 6.45) is 2.77. The van der Waals surface area contributed by atoms with Crippen molar-refractivity contribution in [3.8, 4) is 35.1 Å². The van der Waals surface area contributed by atoms with E-state index in [0.29, 0.717) is 11.1 Å². The Labute approximate surface area is 137 Å². The molecular formula is C18H12N2O4. The van der Waals surface area contributed by atoms with Crippen molar-refractivity contribution in [1.29, 1.82) is 10.5 Å². The van der Waals surface area contributed by atoms with Crippen molar-refractivity contribution in [2.75, 3.05) is 0 Å². The molecule has 0 aliphatic rings. The number of phenols is 4. The third kappa shape index (κ3) is 3.65. The Morgan fingerprint density at radius 1 is 0.667 bits per heavy atom. The van der Waals surface area contributed by atoms with Gasteiger partial charge in [-0.1, -0.05) is 12.1 Å². The first-order valence-corrected chi connectivity index (χ1v) is 6.72. The molecule has 0 heterocycles. The minimum atomic E-state index is -0.341. The third-order valence-corrected chi connectivity index (χ3v) is 3.15. The summed E-state index contributed by atoms with van der Waals surface area (Å²) in [6.45, 7) is 0. The van der Waals surface area contributed by atoms with Crippen molar-refractivity contribution in [2.45, 2.75) is 0 Å². The van der Waals surface area contributed by atoms with Gasteiger partial charge in [-0.3, -0.25) is 0 Å². The molecule has 0 saturated carbocycles. The highest BCUT2D eigenvalue weighted by atomic mass is 16.3. The molecule has 0 spiro atoms. The molecule has 6 heteroatoms. The molecule has 0 aliphatic carbocycles. The van der Waals surface area contributed by atoms with Crippen LogP contribution in [-0.2, 0) is 0 Å². The van der Waals surface area contributed by atoms with E-state index < -0.39 is 0 Å². The molecule has 0 aliphatic heterocycles. The molecule has 4 N–H and O–H groups in total. The second kappa shape index (κ2) is 6.91. The number of hydrogen-bond acceptors (Lipinski definition) is 6. The zero-order valence-electron chi connectivity index (χ0n) is 12.3. The minimum Gasteiger partial charge on any atom is -0.504 e. The molecule has 0 amide bonds. The number of aromatic hydroxyl groups is 4. The first-order chi connectivity index (χ1) is 11.4.